The zero-order chi connectivity index (χ0) is 24.5. The van der Waals surface area contributed by atoms with Gasteiger partial charge in [0.25, 0.3) is 0 Å². The summed E-state index contributed by atoms with van der Waals surface area (Å²) in [7, 11) is 5.18. The monoisotopic (exact) mass is 458 g/mol. The molecule has 0 spiro atoms. The largest absolute Gasteiger partial charge is 0.633 e. The minimum absolute atomic E-state index is 0.128. The summed E-state index contributed by atoms with van der Waals surface area (Å²) in [5, 5.41) is 21.5. The molecule has 0 aliphatic rings. The lowest BCUT2D eigenvalue weighted by atomic mass is 10.0. The summed E-state index contributed by atoms with van der Waals surface area (Å²) in [6.45, 7) is 8.46. The van der Waals surface area contributed by atoms with Crippen LogP contribution in [0.1, 0.15) is 143 Å². The smallest absolute Gasteiger partial charge is 0.0779 e. The van der Waals surface area contributed by atoms with E-state index in [2.05, 4.69) is 20.8 Å². The van der Waals surface area contributed by atoms with Crippen molar-refractivity contribution in [2.45, 2.75) is 143 Å². The molecule has 4 heteroatoms. The van der Waals surface area contributed by atoms with E-state index in [0.29, 0.717) is 0 Å². The highest BCUT2D eigenvalue weighted by molar-refractivity contribution is 4.50. The van der Waals surface area contributed by atoms with Crippen molar-refractivity contribution in [1.82, 2.24) is 5.06 Å². The number of quaternary nitrogens is 1. The summed E-state index contributed by atoms with van der Waals surface area (Å²) >= 11 is 0. The summed E-state index contributed by atoms with van der Waals surface area (Å²) in [6, 6.07) is 0. The molecule has 0 aliphatic carbocycles. The zero-order valence-electron chi connectivity index (χ0n) is 23.2. The normalized spacial score (nSPS) is 11.8. The van der Waals surface area contributed by atoms with Crippen LogP contribution in [-0.4, -0.2) is 49.1 Å². The maximum Gasteiger partial charge on any atom is 0.0779 e. The van der Waals surface area contributed by atoms with Gasteiger partial charge in [-0.3, -0.25) is 0 Å². The van der Waals surface area contributed by atoms with E-state index in [4.69, 9.17) is 5.21 Å². The average molecular weight is 459 g/mol. The quantitative estimate of drug-likeness (QED) is 0.1000. The van der Waals surface area contributed by atoms with E-state index in [1.807, 2.05) is 0 Å². The summed E-state index contributed by atoms with van der Waals surface area (Å²) in [4.78, 5) is 0. The standard InChI is InChI=1S/2C14H31NO/c1-14(2)12-10-8-6-4-5-7-9-11-13-15(3)16;1-4-5-6-7-8-9-10-11-12-13-14-15(2,3)16/h14,16H,4-13H2,1-3H3;4-14H2,1-3H3. The van der Waals surface area contributed by atoms with Gasteiger partial charge in [-0.1, -0.05) is 124 Å². The fourth-order valence-electron chi connectivity index (χ4n) is 3.93. The zero-order valence-corrected chi connectivity index (χ0v) is 23.2. The van der Waals surface area contributed by atoms with Crippen molar-refractivity contribution in [2.24, 2.45) is 5.92 Å². The second-order valence-electron chi connectivity index (χ2n) is 10.9. The van der Waals surface area contributed by atoms with Gasteiger partial charge in [0.15, 0.2) is 0 Å². The van der Waals surface area contributed by atoms with Crippen LogP contribution in [0.4, 0.5) is 0 Å². The summed E-state index contributed by atoms with van der Waals surface area (Å²) in [5.41, 5.74) is 0. The van der Waals surface area contributed by atoms with E-state index in [9.17, 15) is 5.21 Å². The molecule has 0 atom stereocenters. The molecule has 1 N–H and O–H groups in total. The summed E-state index contributed by atoms with van der Waals surface area (Å²) in [5.74, 6) is 0.871. The molecule has 32 heavy (non-hydrogen) atoms. The lowest BCUT2D eigenvalue weighted by Crippen LogP contribution is -2.32. The van der Waals surface area contributed by atoms with Crippen molar-refractivity contribution < 1.29 is 9.85 Å². The van der Waals surface area contributed by atoms with Crippen molar-refractivity contribution in [3.63, 3.8) is 0 Å². The van der Waals surface area contributed by atoms with Crippen molar-refractivity contribution in [3.05, 3.63) is 5.21 Å². The predicted octanol–water partition coefficient (Wildman–Crippen LogP) is 8.96. The van der Waals surface area contributed by atoms with Gasteiger partial charge in [0.1, 0.15) is 0 Å². The van der Waals surface area contributed by atoms with Gasteiger partial charge in [-0.25, -0.2) is 0 Å². The minimum atomic E-state index is -0.128. The van der Waals surface area contributed by atoms with Gasteiger partial charge in [0, 0.05) is 13.6 Å². The molecule has 0 aliphatic heterocycles. The molecule has 4 nitrogen and oxygen atoms in total. The van der Waals surface area contributed by atoms with E-state index in [0.717, 1.165) is 31.8 Å². The van der Waals surface area contributed by atoms with Crippen LogP contribution in [0.5, 0.6) is 0 Å². The molecule has 0 aromatic rings. The number of hydrogen-bond donors (Lipinski definition) is 1. The molecule has 196 valence electrons. The molecule has 0 amide bonds. The SMILES string of the molecule is CC(C)CCCCCCCCCCN(C)O.CCCCCCCCCCCC[N+](C)(C)[O-]. The van der Waals surface area contributed by atoms with Crippen LogP contribution < -0.4 is 0 Å². The number of hydrogen-bond acceptors (Lipinski definition) is 3. The first-order valence-corrected chi connectivity index (χ1v) is 14.1. The molecule has 0 radical (unpaired) electrons. The minimum Gasteiger partial charge on any atom is -0.633 e. The highest BCUT2D eigenvalue weighted by Crippen LogP contribution is 2.13. The number of rotatable bonds is 22. The number of unbranched alkanes of at least 4 members (excludes halogenated alkanes) is 16. The van der Waals surface area contributed by atoms with Crippen LogP contribution >= 0.6 is 0 Å². The average Bonchev–Trinajstić information content (AvgIpc) is 2.70. The molecule has 0 saturated carbocycles. The number of nitrogens with zero attached hydrogens (tertiary/aromatic N) is 2. The first-order chi connectivity index (χ1) is 15.2. The van der Waals surface area contributed by atoms with Crippen LogP contribution in [0.15, 0.2) is 0 Å². The van der Waals surface area contributed by atoms with Gasteiger partial charge < -0.3 is 15.1 Å². The Morgan fingerprint density at radius 2 is 1.03 bits per heavy atom. The molecule has 0 aromatic carbocycles. The molecular formula is C28H62N2O2. The molecule has 0 fully saturated rings. The Bertz CT molecular complexity index is 325. The van der Waals surface area contributed by atoms with E-state index in [1.54, 1.807) is 21.1 Å². The van der Waals surface area contributed by atoms with E-state index >= 15 is 0 Å². The molecule has 0 heterocycles. The third kappa shape index (κ3) is 37.2. The molecule has 0 unspecified atom stereocenters. The summed E-state index contributed by atoms with van der Waals surface area (Å²) in [6.07, 6.45) is 25.5. The maximum atomic E-state index is 11.3. The number of hydroxylamine groups is 5. The third-order valence-electron chi connectivity index (χ3n) is 6.06. The Morgan fingerprint density at radius 1 is 0.656 bits per heavy atom. The third-order valence-corrected chi connectivity index (χ3v) is 6.06. The first-order valence-electron chi connectivity index (χ1n) is 14.1. The maximum absolute atomic E-state index is 11.3. The van der Waals surface area contributed by atoms with Crippen molar-refractivity contribution in [1.29, 1.82) is 0 Å². The Labute approximate surface area is 203 Å². The molecule has 0 rings (SSSR count). The van der Waals surface area contributed by atoms with Gasteiger partial charge in [-0.15, -0.1) is 0 Å². The molecule has 0 saturated heterocycles. The van der Waals surface area contributed by atoms with Gasteiger partial charge in [0.05, 0.1) is 20.6 Å². The van der Waals surface area contributed by atoms with Gasteiger partial charge in [0.2, 0.25) is 0 Å². The van der Waals surface area contributed by atoms with Crippen molar-refractivity contribution in [2.75, 3.05) is 34.2 Å². The highest BCUT2D eigenvalue weighted by Gasteiger charge is 2.00. The Morgan fingerprint density at radius 3 is 1.41 bits per heavy atom. The second-order valence-corrected chi connectivity index (χ2v) is 10.9. The predicted molar refractivity (Wildman–Crippen MR) is 143 cm³/mol. The van der Waals surface area contributed by atoms with Crippen LogP contribution in [0.25, 0.3) is 0 Å². The van der Waals surface area contributed by atoms with E-state index in [1.165, 1.54) is 114 Å². The fraction of sp³-hybridized carbons (Fsp3) is 1.00. The van der Waals surface area contributed by atoms with E-state index < -0.39 is 0 Å². The topological polar surface area (TPSA) is 46.5 Å². The molecule has 0 aromatic heterocycles. The van der Waals surface area contributed by atoms with Crippen LogP contribution in [0, 0.1) is 11.1 Å². The fourth-order valence-corrected chi connectivity index (χ4v) is 3.93. The second kappa shape index (κ2) is 25.5. The van der Waals surface area contributed by atoms with Crippen molar-refractivity contribution >= 4 is 0 Å². The van der Waals surface area contributed by atoms with Gasteiger partial charge in [-0.2, -0.15) is 5.06 Å². The van der Waals surface area contributed by atoms with E-state index in [-0.39, 0.29) is 4.65 Å². The Balaban J connectivity index is 0. The lowest BCUT2D eigenvalue weighted by Gasteiger charge is -2.33. The molecular weight excluding hydrogens is 396 g/mol. The van der Waals surface area contributed by atoms with Crippen molar-refractivity contribution in [3.8, 4) is 0 Å². The van der Waals surface area contributed by atoms with Crippen LogP contribution in [0.3, 0.4) is 0 Å². The van der Waals surface area contributed by atoms with Crippen LogP contribution in [0.2, 0.25) is 0 Å². The van der Waals surface area contributed by atoms with Crippen LogP contribution in [-0.2, 0) is 0 Å². The van der Waals surface area contributed by atoms with Gasteiger partial charge >= 0.3 is 0 Å². The summed E-state index contributed by atoms with van der Waals surface area (Å²) < 4.78 is -0.128. The highest BCUT2D eigenvalue weighted by atomic mass is 16.5. The first kappa shape index (κ1) is 34.0. The lowest BCUT2D eigenvalue weighted by molar-refractivity contribution is -0.840. The molecule has 0 bridgehead atoms. The Hall–Kier alpha value is -0.160. The van der Waals surface area contributed by atoms with Gasteiger partial charge in [-0.05, 0) is 25.2 Å². The Kier molecular flexibility index (Phi) is 27.1.